The summed E-state index contributed by atoms with van der Waals surface area (Å²) in [7, 11) is 5.00. The molecule has 0 atom stereocenters. The number of aromatic nitrogens is 1. The molecular formula is C12H18N2O3. The fourth-order valence-electron chi connectivity index (χ4n) is 2.05. The molecule has 1 aliphatic rings. The summed E-state index contributed by atoms with van der Waals surface area (Å²) in [6, 6.07) is 1.84. The minimum Gasteiger partial charge on any atom is -0.496 e. The molecule has 0 aromatic carbocycles. The molecule has 0 bridgehead atoms. The van der Waals surface area contributed by atoms with E-state index in [0.717, 1.165) is 30.8 Å². The molecule has 0 unspecified atom stereocenters. The quantitative estimate of drug-likeness (QED) is 0.815. The summed E-state index contributed by atoms with van der Waals surface area (Å²) in [5.74, 6) is 1.40. The highest BCUT2D eigenvalue weighted by Gasteiger charge is 2.38. The monoisotopic (exact) mass is 238 g/mol. The molecule has 1 saturated heterocycles. The Labute approximate surface area is 101 Å². The molecule has 1 aromatic heterocycles. The number of rotatable bonds is 5. The van der Waals surface area contributed by atoms with Gasteiger partial charge in [0.25, 0.3) is 0 Å². The summed E-state index contributed by atoms with van der Waals surface area (Å²) < 4.78 is 16.2. The topological polar surface area (TPSA) is 52.6 Å². The molecule has 1 aliphatic heterocycles. The van der Waals surface area contributed by atoms with Crippen LogP contribution in [0.5, 0.6) is 11.6 Å². The van der Waals surface area contributed by atoms with E-state index >= 15 is 0 Å². The Balaban J connectivity index is 2.29. The Morgan fingerprint density at radius 3 is 2.53 bits per heavy atom. The van der Waals surface area contributed by atoms with Gasteiger partial charge in [0.2, 0.25) is 5.88 Å². The molecule has 0 radical (unpaired) electrons. The third kappa shape index (κ3) is 2.21. The van der Waals surface area contributed by atoms with Crippen molar-refractivity contribution in [3.63, 3.8) is 0 Å². The van der Waals surface area contributed by atoms with Crippen LogP contribution in [0.4, 0.5) is 0 Å². The van der Waals surface area contributed by atoms with Crippen molar-refractivity contribution in [2.45, 2.75) is 12.0 Å². The Kier molecular flexibility index (Phi) is 3.49. The Hall–Kier alpha value is -1.33. The second-order valence-electron chi connectivity index (χ2n) is 4.17. The zero-order valence-corrected chi connectivity index (χ0v) is 10.4. The molecule has 0 amide bonds. The maximum absolute atomic E-state index is 5.58. The van der Waals surface area contributed by atoms with Crippen LogP contribution in [0.3, 0.4) is 0 Å². The lowest BCUT2D eigenvalue weighted by Crippen LogP contribution is -2.61. The number of nitrogens with one attached hydrogen (secondary N) is 1. The van der Waals surface area contributed by atoms with Crippen molar-refractivity contribution >= 4 is 0 Å². The van der Waals surface area contributed by atoms with Crippen LogP contribution in [0.1, 0.15) is 5.56 Å². The van der Waals surface area contributed by atoms with Crippen molar-refractivity contribution in [2.24, 2.45) is 0 Å². The summed E-state index contributed by atoms with van der Waals surface area (Å²) in [4.78, 5) is 4.20. The second kappa shape index (κ2) is 4.89. The van der Waals surface area contributed by atoms with Crippen LogP contribution >= 0.6 is 0 Å². The molecular weight excluding hydrogens is 220 g/mol. The largest absolute Gasteiger partial charge is 0.496 e. The molecule has 2 rings (SSSR count). The summed E-state index contributed by atoms with van der Waals surface area (Å²) in [5, 5.41) is 3.22. The van der Waals surface area contributed by atoms with Crippen LogP contribution in [-0.2, 0) is 11.2 Å². The highest BCUT2D eigenvalue weighted by Crippen LogP contribution is 2.32. The molecule has 0 saturated carbocycles. The SMILES string of the molecule is COc1ccnc(OC)c1CC1(OC)CNC1. The van der Waals surface area contributed by atoms with Gasteiger partial charge in [0.1, 0.15) is 5.75 Å². The predicted octanol–water partition coefficient (Wildman–Crippen LogP) is 0.630. The van der Waals surface area contributed by atoms with Gasteiger partial charge in [-0.05, 0) is 6.07 Å². The number of ether oxygens (including phenoxy) is 3. The first-order chi connectivity index (χ1) is 8.24. The lowest BCUT2D eigenvalue weighted by atomic mass is 9.89. The lowest BCUT2D eigenvalue weighted by Gasteiger charge is -2.41. The number of nitrogens with zero attached hydrogens (tertiary/aromatic N) is 1. The average molecular weight is 238 g/mol. The third-order valence-corrected chi connectivity index (χ3v) is 3.21. The molecule has 0 spiro atoms. The summed E-state index contributed by atoms with van der Waals surface area (Å²) in [6.45, 7) is 1.68. The first kappa shape index (κ1) is 12.1. The minimum atomic E-state index is -0.163. The van der Waals surface area contributed by atoms with Gasteiger partial charge in [-0.2, -0.15) is 0 Å². The average Bonchev–Trinajstić information content (AvgIpc) is 2.33. The smallest absolute Gasteiger partial charge is 0.220 e. The molecule has 5 nitrogen and oxygen atoms in total. The van der Waals surface area contributed by atoms with E-state index in [-0.39, 0.29) is 5.60 Å². The van der Waals surface area contributed by atoms with Crippen LogP contribution in [0, 0.1) is 0 Å². The first-order valence-corrected chi connectivity index (χ1v) is 5.56. The van der Waals surface area contributed by atoms with Gasteiger partial charge in [-0.3, -0.25) is 0 Å². The highest BCUT2D eigenvalue weighted by atomic mass is 16.5. The number of hydrogen-bond donors (Lipinski definition) is 1. The van der Waals surface area contributed by atoms with Crippen LogP contribution in [-0.4, -0.2) is 45.0 Å². The van der Waals surface area contributed by atoms with E-state index in [2.05, 4.69) is 10.3 Å². The second-order valence-corrected chi connectivity index (χ2v) is 4.17. The molecule has 17 heavy (non-hydrogen) atoms. The third-order valence-electron chi connectivity index (χ3n) is 3.21. The zero-order chi connectivity index (χ0) is 12.3. The molecule has 94 valence electrons. The molecule has 0 aliphatic carbocycles. The van der Waals surface area contributed by atoms with Gasteiger partial charge in [-0.1, -0.05) is 0 Å². The standard InChI is InChI=1S/C12H18N2O3/c1-15-10-4-5-14-11(16-2)9(10)6-12(17-3)7-13-8-12/h4-5,13H,6-8H2,1-3H3. The van der Waals surface area contributed by atoms with E-state index in [1.807, 2.05) is 6.07 Å². The van der Waals surface area contributed by atoms with Gasteiger partial charge in [-0.25, -0.2) is 4.98 Å². The lowest BCUT2D eigenvalue weighted by molar-refractivity contribution is -0.0509. The van der Waals surface area contributed by atoms with Crippen molar-refractivity contribution in [3.8, 4) is 11.6 Å². The van der Waals surface area contributed by atoms with Gasteiger partial charge in [0, 0.05) is 32.8 Å². The molecule has 1 aromatic rings. The van der Waals surface area contributed by atoms with Gasteiger partial charge >= 0.3 is 0 Å². The zero-order valence-electron chi connectivity index (χ0n) is 10.4. The van der Waals surface area contributed by atoms with Crippen molar-refractivity contribution in [2.75, 3.05) is 34.4 Å². The van der Waals surface area contributed by atoms with Crippen molar-refractivity contribution in [3.05, 3.63) is 17.8 Å². The molecule has 1 N–H and O–H groups in total. The molecule has 2 heterocycles. The van der Waals surface area contributed by atoms with Crippen LogP contribution in [0.15, 0.2) is 12.3 Å². The van der Waals surface area contributed by atoms with Gasteiger partial charge in [0.15, 0.2) is 0 Å². The van der Waals surface area contributed by atoms with Gasteiger partial charge < -0.3 is 19.5 Å². The van der Waals surface area contributed by atoms with Crippen molar-refractivity contribution in [1.82, 2.24) is 10.3 Å². The van der Waals surface area contributed by atoms with Crippen LogP contribution in [0.2, 0.25) is 0 Å². The summed E-state index contributed by atoms with van der Waals surface area (Å²) >= 11 is 0. The highest BCUT2D eigenvalue weighted by molar-refractivity contribution is 5.41. The van der Waals surface area contributed by atoms with Gasteiger partial charge in [0.05, 0.1) is 25.4 Å². The molecule has 5 heteroatoms. The van der Waals surface area contributed by atoms with E-state index in [1.54, 1.807) is 27.5 Å². The van der Waals surface area contributed by atoms with E-state index in [0.29, 0.717) is 5.88 Å². The maximum Gasteiger partial charge on any atom is 0.220 e. The predicted molar refractivity (Wildman–Crippen MR) is 63.7 cm³/mol. The van der Waals surface area contributed by atoms with Crippen LogP contribution in [0.25, 0.3) is 0 Å². The number of methoxy groups -OCH3 is 3. The maximum atomic E-state index is 5.58. The van der Waals surface area contributed by atoms with E-state index < -0.39 is 0 Å². The first-order valence-electron chi connectivity index (χ1n) is 5.56. The number of hydrogen-bond acceptors (Lipinski definition) is 5. The van der Waals surface area contributed by atoms with E-state index in [1.165, 1.54) is 0 Å². The van der Waals surface area contributed by atoms with Crippen molar-refractivity contribution in [1.29, 1.82) is 0 Å². The fraction of sp³-hybridized carbons (Fsp3) is 0.583. The minimum absolute atomic E-state index is 0.163. The van der Waals surface area contributed by atoms with Crippen molar-refractivity contribution < 1.29 is 14.2 Å². The van der Waals surface area contributed by atoms with Crippen LogP contribution < -0.4 is 14.8 Å². The Bertz CT molecular complexity index is 364. The fourth-order valence-corrected chi connectivity index (χ4v) is 2.05. The summed E-state index contributed by atoms with van der Waals surface area (Å²) in [6.07, 6.45) is 2.41. The normalized spacial score (nSPS) is 17.4. The van der Waals surface area contributed by atoms with E-state index in [4.69, 9.17) is 14.2 Å². The van der Waals surface area contributed by atoms with Gasteiger partial charge in [-0.15, -0.1) is 0 Å². The number of pyridine rings is 1. The van der Waals surface area contributed by atoms with E-state index in [9.17, 15) is 0 Å². The Morgan fingerprint density at radius 2 is 2.06 bits per heavy atom. The summed E-state index contributed by atoms with van der Waals surface area (Å²) in [5.41, 5.74) is 0.796. The Morgan fingerprint density at radius 1 is 1.29 bits per heavy atom. The molecule has 1 fully saturated rings.